The minimum Gasteiger partial charge on any atom is -0.359 e. The molecule has 0 N–H and O–H groups in total. The van der Waals surface area contributed by atoms with E-state index in [4.69, 9.17) is 0 Å². The van der Waals surface area contributed by atoms with Crippen molar-refractivity contribution in [2.45, 2.75) is 13.0 Å². The first-order valence-electron chi connectivity index (χ1n) is 4.73. The van der Waals surface area contributed by atoms with Gasteiger partial charge in [0, 0.05) is 20.1 Å². The summed E-state index contributed by atoms with van der Waals surface area (Å²) in [6.07, 6.45) is 4.58. The van der Waals surface area contributed by atoms with Crippen molar-refractivity contribution in [2.24, 2.45) is 0 Å². The quantitative estimate of drug-likeness (QED) is 0.609. The minimum absolute atomic E-state index is 0.741. The fourth-order valence-corrected chi connectivity index (χ4v) is 1.98. The summed E-state index contributed by atoms with van der Waals surface area (Å²) in [6.45, 7) is 2.10. The Bertz CT molecular complexity index is 435. The predicted molar refractivity (Wildman–Crippen MR) is 52.3 cm³/mol. The molecule has 0 spiro atoms. The molecule has 0 saturated carbocycles. The van der Waals surface area contributed by atoms with Gasteiger partial charge in [0.2, 0.25) is 0 Å². The summed E-state index contributed by atoms with van der Waals surface area (Å²) in [5.74, 6) is 1.88. The average molecular weight is 189 g/mol. The lowest BCUT2D eigenvalue weighted by Crippen LogP contribution is -2.30. The number of rotatable bonds is 0. The fourth-order valence-electron chi connectivity index (χ4n) is 1.98. The number of fused-ring (bicyclic) bond motifs is 3. The largest absolute Gasteiger partial charge is 0.359 e. The number of hydrogen-bond donors (Lipinski definition) is 0. The fraction of sp³-hybridized carbons (Fsp3) is 0.444. The Labute approximate surface area is 81.8 Å². The molecule has 0 unspecified atom stereocenters. The molecule has 0 aliphatic carbocycles. The van der Waals surface area contributed by atoms with Crippen molar-refractivity contribution in [3.05, 3.63) is 12.7 Å². The Morgan fingerprint density at radius 1 is 1.21 bits per heavy atom. The number of aromatic nitrogens is 4. The van der Waals surface area contributed by atoms with Crippen LogP contribution in [0.4, 0.5) is 5.82 Å². The monoisotopic (exact) mass is 189 g/mol. The van der Waals surface area contributed by atoms with Gasteiger partial charge in [-0.3, -0.25) is 0 Å². The van der Waals surface area contributed by atoms with Crippen LogP contribution < -0.4 is 4.90 Å². The van der Waals surface area contributed by atoms with E-state index in [1.807, 2.05) is 6.33 Å². The second kappa shape index (κ2) is 2.67. The zero-order valence-corrected chi connectivity index (χ0v) is 8.01. The molecule has 0 fully saturated rings. The molecular weight excluding hydrogens is 178 g/mol. The molecule has 0 atom stereocenters. The molecule has 0 radical (unpaired) electrons. The van der Waals surface area contributed by atoms with Crippen LogP contribution in [0.5, 0.6) is 0 Å². The van der Waals surface area contributed by atoms with E-state index >= 15 is 0 Å². The van der Waals surface area contributed by atoms with Gasteiger partial charge < -0.3 is 9.47 Å². The predicted octanol–water partition coefficient (Wildman–Crippen LogP) is 0.618. The van der Waals surface area contributed by atoms with Crippen molar-refractivity contribution in [1.82, 2.24) is 19.5 Å². The van der Waals surface area contributed by atoms with Gasteiger partial charge in [0.15, 0.2) is 11.5 Å². The smallest absolute Gasteiger partial charge is 0.184 e. The summed E-state index contributed by atoms with van der Waals surface area (Å²) in [7, 11) is 2.08. The molecule has 0 amide bonds. The Morgan fingerprint density at radius 3 is 3.07 bits per heavy atom. The first-order chi connectivity index (χ1) is 6.86. The zero-order valence-electron chi connectivity index (χ0n) is 8.01. The van der Waals surface area contributed by atoms with E-state index in [-0.39, 0.29) is 0 Å². The molecule has 3 heterocycles. The second-order valence-corrected chi connectivity index (χ2v) is 3.58. The molecule has 72 valence electrons. The van der Waals surface area contributed by atoms with Gasteiger partial charge >= 0.3 is 0 Å². The summed E-state index contributed by atoms with van der Waals surface area (Å²) in [5, 5.41) is 0. The zero-order chi connectivity index (χ0) is 9.54. The van der Waals surface area contributed by atoms with Crippen LogP contribution >= 0.6 is 0 Å². The summed E-state index contributed by atoms with van der Waals surface area (Å²) < 4.78 is 2.14. The Hall–Kier alpha value is -1.65. The van der Waals surface area contributed by atoms with Crippen molar-refractivity contribution in [3.8, 4) is 11.5 Å². The molecule has 0 saturated heterocycles. The van der Waals surface area contributed by atoms with Gasteiger partial charge in [-0.15, -0.1) is 0 Å². The normalized spacial score (nSPS) is 15.9. The molecule has 0 aromatic heterocycles. The van der Waals surface area contributed by atoms with E-state index in [0.717, 1.165) is 36.8 Å². The molecule has 3 rings (SSSR count). The maximum Gasteiger partial charge on any atom is 0.184 e. The van der Waals surface area contributed by atoms with Crippen LogP contribution in [0.15, 0.2) is 12.7 Å². The maximum atomic E-state index is 4.25. The molecule has 0 aromatic rings. The van der Waals surface area contributed by atoms with E-state index in [0.29, 0.717) is 0 Å². The third-order valence-corrected chi connectivity index (χ3v) is 2.64. The van der Waals surface area contributed by atoms with E-state index in [2.05, 4.69) is 31.5 Å². The average Bonchev–Trinajstić information content (AvgIpc) is 2.65. The molecular formula is C9H11N5. The third kappa shape index (κ3) is 0.921. The van der Waals surface area contributed by atoms with Gasteiger partial charge in [0.25, 0.3) is 0 Å². The number of anilines is 1. The highest BCUT2D eigenvalue weighted by Gasteiger charge is 2.21. The summed E-state index contributed by atoms with van der Waals surface area (Å²) in [6, 6.07) is 0. The van der Waals surface area contributed by atoms with Crippen LogP contribution in [0.1, 0.15) is 6.42 Å². The minimum atomic E-state index is 0.741. The van der Waals surface area contributed by atoms with E-state index in [9.17, 15) is 0 Å². The summed E-state index contributed by atoms with van der Waals surface area (Å²) in [4.78, 5) is 14.8. The van der Waals surface area contributed by atoms with E-state index in [1.165, 1.54) is 0 Å². The highest BCUT2D eigenvalue weighted by Crippen LogP contribution is 2.29. The lowest BCUT2D eigenvalue weighted by atomic mass is 10.2. The molecule has 3 aliphatic rings. The van der Waals surface area contributed by atoms with Crippen LogP contribution in [-0.4, -0.2) is 33.1 Å². The van der Waals surface area contributed by atoms with Crippen molar-refractivity contribution in [1.29, 1.82) is 0 Å². The van der Waals surface area contributed by atoms with Crippen LogP contribution in [0.25, 0.3) is 11.5 Å². The number of imidazole rings is 1. The standard InChI is InChI=1S/C9H11N5/c1-13-3-2-4-14-6-12-8-7(9(13)14)10-5-11-8/h5-6H,2-4H2,1H3. The van der Waals surface area contributed by atoms with E-state index in [1.54, 1.807) is 6.33 Å². The Morgan fingerprint density at radius 2 is 2.14 bits per heavy atom. The number of aryl methyl sites for hydroxylation is 1. The van der Waals surface area contributed by atoms with Gasteiger partial charge in [-0.25, -0.2) is 15.0 Å². The highest BCUT2D eigenvalue weighted by molar-refractivity contribution is 5.68. The van der Waals surface area contributed by atoms with Crippen molar-refractivity contribution in [2.75, 3.05) is 18.5 Å². The third-order valence-electron chi connectivity index (χ3n) is 2.64. The van der Waals surface area contributed by atoms with Crippen LogP contribution in [0, 0.1) is 0 Å². The Balaban J connectivity index is 2.29. The molecule has 5 nitrogen and oxygen atoms in total. The van der Waals surface area contributed by atoms with Crippen molar-refractivity contribution in [3.63, 3.8) is 0 Å². The van der Waals surface area contributed by atoms with Gasteiger partial charge in [-0.1, -0.05) is 0 Å². The highest BCUT2D eigenvalue weighted by atomic mass is 15.3. The summed E-state index contributed by atoms with van der Waals surface area (Å²) in [5.41, 5.74) is 0.912. The molecule has 3 aliphatic heterocycles. The first-order valence-corrected chi connectivity index (χ1v) is 4.73. The lowest BCUT2D eigenvalue weighted by Gasteiger charge is -2.29. The maximum absolute atomic E-state index is 4.25. The SMILES string of the molecule is CN1CCCn2cnc3ncnc-3c21. The van der Waals surface area contributed by atoms with Crippen LogP contribution in [-0.2, 0) is 6.54 Å². The Kier molecular flexibility index (Phi) is 1.47. The molecule has 14 heavy (non-hydrogen) atoms. The van der Waals surface area contributed by atoms with Crippen molar-refractivity contribution >= 4 is 5.82 Å². The lowest BCUT2D eigenvalue weighted by molar-refractivity contribution is 0.570. The molecule has 0 aromatic carbocycles. The van der Waals surface area contributed by atoms with Gasteiger partial charge in [0.05, 0.1) is 6.33 Å². The van der Waals surface area contributed by atoms with Crippen LogP contribution in [0.3, 0.4) is 0 Å². The van der Waals surface area contributed by atoms with Gasteiger partial charge in [-0.05, 0) is 6.42 Å². The van der Waals surface area contributed by atoms with Gasteiger partial charge in [-0.2, -0.15) is 0 Å². The molecule has 0 bridgehead atoms. The molecule has 5 heteroatoms. The summed E-state index contributed by atoms with van der Waals surface area (Å²) >= 11 is 0. The first kappa shape index (κ1) is 7.73. The topological polar surface area (TPSA) is 46.8 Å². The van der Waals surface area contributed by atoms with Crippen molar-refractivity contribution < 1.29 is 0 Å². The number of nitrogens with zero attached hydrogens (tertiary/aromatic N) is 5. The number of hydrogen-bond acceptors (Lipinski definition) is 4. The van der Waals surface area contributed by atoms with Crippen LogP contribution in [0.2, 0.25) is 0 Å². The van der Waals surface area contributed by atoms with Gasteiger partial charge in [0.1, 0.15) is 12.1 Å². The second-order valence-electron chi connectivity index (χ2n) is 3.58. The van der Waals surface area contributed by atoms with E-state index < -0.39 is 0 Å².